The van der Waals surface area contributed by atoms with Crippen molar-refractivity contribution < 1.29 is 5.21 Å². The molecule has 5 heteroatoms. The SMILES string of the molecule is CC(C)c1ccc(Sc2ccc(C(N)=NO)cc2Cl)cc1. The summed E-state index contributed by atoms with van der Waals surface area (Å²) in [4.78, 5) is 2.06. The molecule has 3 N–H and O–H groups in total. The van der Waals surface area contributed by atoms with Gasteiger partial charge in [0, 0.05) is 15.4 Å². The van der Waals surface area contributed by atoms with Gasteiger partial charge in [-0.25, -0.2) is 0 Å². The Morgan fingerprint density at radius 2 is 1.86 bits per heavy atom. The molecule has 0 saturated heterocycles. The van der Waals surface area contributed by atoms with Crippen molar-refractivity contribution in [3.63, 3.8) is 0 Å². The quantitative estimate of drug-likeness (QED) is 0.371. The fourth-order valence-corrected chi connectivity index (χ4v) is 2.96. The van der Waals surface area contributed by atoms with Gasteiger partial charge < -0.3 is 10.9 Å². The molecule has 2 aromatic carbocycles. The lowest BCUT2D eigenvalue weighted by Crippen LogP contribution is -2.12. The van der Waals surface area contributed by atoms with Gasteiger partial charge in [-0.3, -0.25) is 0 Å². The molecule has 3 nitrogen and oxygen atoms in total. The Bertz CT molecular complexity index is 654. The predicted molar refractivity (Wildman–Crippen MR) is 88.6 cm³/mol. The van der Waals surface area contributed by atoms with Crippen LogP contribution in [-0.2, 0) is 0 Å². The molecule has 21 heavy (non-hydrogen) atoms. The molecule has 0 bridgehead atoms. The molecule has 0 spiro atoms. The predicted octanol–water partition coefficient (Wildman–Crippen LogP) is 4.71. The van der Waals surface area contributed by atoms with E-state index in [4.69, 9.17) is 22.5 Å². The van der Waals surface area contributed by atoms with Crippen molar-refractivity contribution in [2.24, 2.45) is 10.9 Å². The number of benzene rings is 2. The van der Waals surface area contributed by atoms with Gasteiger partial charge in [-0.1, -0.05) is 54.5 Å². The van der Waals surface area contributed by atoms with Gasteiger partial charge in [0.05, 0.1) is 5.02 Å². The average molecular weight is 321 g/mol. The van der Waals surface area contributed by atoms with Crippen LogP contribution in [0.5, 0.6) is 0 Å². The van der Waals surface area contributed by atoms with Crippen LogP contribution in [0.4, 0.5) is 0 Å². The molecule has 0 heterocycles. The third-order valence-electron chi connectivity index (χ3n) is 3.11. The van der Waals surface area contributed by atoms with E-state index in [1.165, 1.54) is 5.56 Å². The molecule has 110 valence electrons. The van der Waals surface area contributed by atoms with E-state index in [1.807, 2.05) is 6.07 Å². The number of rotatable bonds is 4. The first kappa shape index (κ1) is 15.7. The molecular formula is C16H17ClN2OS. The van der Waals surface area contributed by atoms with Crippen LogP contribution in [0.3, 0.4) is 0 Å². The van der Waals surface area contributed by atoms with Gasteiger partial charge in [0.15, 0.2) is 5.84 Å². The lowest BCUT2D eigenvalue weighted by molar-refractivity contribution is 0.318. The number of oxime groups is 1. The first-order chi connectivity index (χ1) is 10.0. The molecule has 0 aliphatic heterocycles. The van der Waals surface area contributed by atoms with Crippen molar-refractivity contribution >= 4 is 29.2 Å². The fraction of sp³-hybridized carbons (Fsp3) is 0.188. The summed E-state index contributed by atoms with van der Waals surface area (Å²) in [5, 5.41) is 12.2. The summed E-state index contributed by atoms with van der Waals surface area (Å²) >= 11 is 7.84. The van der Waals surface area contributed by atoms with Gasteiger partial charge in [0.2, 0.25) is 0 Å². The van der Waals surface area contributed by atoms with Gasteiger partial charge in [-0.2, -0.15) is 0 Å². The van der Waals surface area contributed by atoms with Crippen LogP contribution in [0.1, 0.15) is 30.9 Å². The van der Waals surface area contributed by atoms with Crippen LogP contribution < -0.4 is 5.73 Å². The minimum absolute atomic E-state index is 0.0507. The Labute approximate surface area is 133 Å². The first-order valence-electron chi connectivity index (χ1n) is 6.56. The van der Waals surface area contributed by atoms with Crippen molar-refractivity contribution in [1.82, 2.24) is 0 Å². The van der Waals surface area contributed by atoms with Crippen LogP contribution in [0.25, 0.3) is 0 Å². The minimum Gasteiger partial charge on any atom is -0.409 e. The van der Waals surface area contributed by atoms with Crippen molar-refractivity contribution in [1.29, 1.82) is 0 Å². The molecule has 0 saturated carbocycles. The summed E-state index contributed by atoms with van der Waals surface area (Å²) < 4.78 is 0. The molecule has 2 aromatic rings. The van der Waals surface area contributed by atoms with E-state index in [-0.39, 0.29) is 5.84 Å². The van der Waals surface area contributed by atoms with E-state index < -0.39 is 0 Å². The number of halogens is 1. The smallest absolute Gasteiger partial charge is 0.170 e. The second-order valence-electron chi connectivity index (χ2n) is 4.96. The highest BCUT2D eigenvalue weighted by molar-refractivity contribution is 7.99. The van der Waals surface area contributed by atoms with Crippen LogP contribution in [0.15, 0.2) is 57.4 Å². The first-order valence-corrected chi connectivity index (χ1v) is 7.76. The Hall–Kier alpha value is -1.65. The van der Waals surface area contributed by atoms with Gasteiger partial charge in [0.1, 0.15) is 0 Å². The summed E-state index contributed by atoms with van der Waals surface area (Å²) in [5.74, 6) is 0.572. The largest absolute Gasteiger partial charge is 0.409 e. The van der Waals surface area contributed by atoms with E-state index in [1.54, 1.807) is 23.9 Å². The van der Waals surface area contributed by atoms with Gasteiger partial charge in [0.25, 0.3) is 0 Å². The maximum Gasteiger partial charge on any atom is 0.170 e. The van der Waals surface area contributed by atoms with E-state index >= 15 is 0 Å². The number of amidine groups is 1. The minimum atomic E-state index is 0.0507. The van der Waals surface area contributed by atoms with Crippen molar-refractivity contribution in [3.05, 3.63) is 58.6 Å². The maximum atomic E-state index is 8.67. The molecule has 0 atom stereocenters. The lowest BCUT2D eigenvalue weighted by Gasteiger charge is -2.08. The highest BCUT2D eigenvalue weighted by Gasteiger charge is 2.07. The second kappa shape index (κ2) is 6.87. The van der Waals surface area contributed by atoms with Crippen LogP contribution in [0.2, 0.25) is 5.02 Å². The molecule has 0 radical (unpaired) electrons. The number of nitrogens with zero attached hydrogens (tertiary/aromatic N) is 1. The molecule has 2 rings (SSSR count). The molecule has 0 amide bonds. The summed E-state index contributed by atoms with van der Waals surface area (Å²) in [6, 6.07) is 13.8. The topological polar surface area (TPSA) is 58.6 Å². The summed E-state index contributed by atoms with van der Waals surface area (Å²) in [6.07, 6.45) is 0. The zero-order valence-corrected chi connectivity index (χ0v) is 13.4. The third-order valence-corrected chi connectivity index (χ3v) is 4.62. The summed E-state index contributed by atoms with van der Waals surface area (Å²) in [5.41, 5.74) is 7.46. The van der Waals surface area contributed by atoms with Crippen LogP contribution in [0, 0.1) is 0 Å². The molecule has 0 aliphatic rings. The van der Waals surface area contributed by atoms with Gasteiger partial charge in [-0.15, -0.1) is 0 Å². The van der Waals surface area contributed by atoms with E-state index in [0.717, 1.165) is 9.79 Å². The van der Waals surface area contributed by atoms with E-state index in [0.29, 0.717) is 16.5 Å². The molecule has 0 aliphatic carbocycles. The molecular weight excluding hydrogens is 304 g/mol. The van der Waals surface area contributed by atoms with Gasteiger partial charge >= 0.3 is 0 Å². The zero-order valence-electron chi connectivity index (χ0n) is 11.9. The van der Waals surface area contributed by atoms with Crippen molar-refractivity contribution in [2.45, 2.75) is 29.6 Å². The zero-order chi connectivity index (χ0) is 15.4. The number of nitrogens with two attached hydrogens (primary N) is 1. The number of hydrogen-bond acceptors (Lipinski definition) is 3. The normalized spacial score (nSPS) is 11.9. The van der Waals surface area contributed by atoms with E-state index in [9.17, 15) is 0 Å². The standard InChI is InChI=1S/C16H17ClN2OS/c1-10(2)11-3-6-13(7-4-11)21-15-8-5-12(9-14(15)17)16(18)19-20/h3-10,20H,1-2H3,(H2,18,19). The Kier molecular flexibility index (Phi) is 5.15. The molecule has 0 unspecified atom stereocenters. The lowest BCUT2D eigenvalue weighted by atomic mass is 10.0. The summed E-state index contributed by atoms with van der Waals surface area (Å²) in [7, 11) is 0. The van der Waals surface area contributed by atoms with Crippen LogP contribution in [-0.4, -0.2) is 11.0 Å². The fourth-order valence-electron chi connectivity index (χ4n) is 1.85. The van der Waals surface area contributed by atoms with Crippen molar-refractivity contribution in [2.75, 3.05) is 0 Å². The third kappa shape index (κ3) is 3.93. The highest BCUT2D eigenvalue weighted by atomic mass is 35.5. The Morgan fingerprint density at radius 3 is 2.38 bits per heavy atom. The number of hydrogen-bond donors (Lipinski definition) is 2. The molecule has 0 aromatic heterocycles. The second-order valence-corrected chi connectivity index (χ2v) is 6.48. The summed E-state index contributed by atoms with van der Waals surface area (Å²) in [6.45, 7) is 4.34. The van der Waals surface area contributed by atoms with E-state index in [2.05, 4.69) is 43.3 Å². The highest BCUT2D eigenvalue weighted by Crippen LogP contribution is 2.34. The van der Waals surface area contributed by atoms with Crippen LogP contribution >= 0.6 is 23.4 Å². The van der Waals surface area contributed by atoms with Crippen molar-refractivity contribution in [3.8, 4) is 0 Å². The Morgan fingerprint density at radius 1 is 1.19 bits per heavy atom. The Balaban J connectivity index is 2.20. The molecule has 0 fully saturated rings. The monoisotopic (exact) mass is 320 g/mol. The average Bonchev–Trinajstić information content (AvgIpc) is 2.49. The maximum absolute atomic E-state index is 8.67. The van der Waals surface area contributed by atoms with Gasteiger partial charge in [-0.05, 0) is 41.8 Å².